The van der Waals surface area contributed by atoms with Crippen LogP contribution in [0.3, 0.4) is 0 Å². The Morgan fingerprint density at radius 1 is 0.547 bits per heavy atom. The summed E-state index contributed by atoms with van der Waals surface area (Å²) in [6, 6.07) is 35.4. The molecule has 3 aliphatic rings. The number of carbonyl (C=O) groups excluding carboxylic acids is 1. The van der Waals surface area contributed by atoms with Crippen LogP contribution in [0.2, 0.25) is 0 Å². The van der Waals surface area contributed by atoms with Crippen LogP contribution in [0.1, 0.15) is 31.9 Å². The molecule has 3 heterocycles. The van der Waals surface area contributed by atoms with Gasteiger partial charge in [-0.3, -0.25) is 0 Å². The molecular formula is C43H52Br2N6O2. The van der Waals surface area contributed by atoms with Crippen molar-refractivity contribution in [3.8, 4) is 11.8 Å². The van der Waals surface area contributed by atoms with E-state index in [9.17, 15) is 4.79 Å². The van der Waals surface area contributed by atoms with Gasteiger partial charge in [0, 0.05) is 116 Å². The molecule has 0 aliphatic carbocycles. The lowest BCUT2D eigenvalue weighted by Crippen LogP contribution is -2.50. The predicted octanol–water partition coefficient (Wildman–Crippen LogP) is 7.86. The fourth-order valence-corrected chi connectivity index (χ4v) is 6.57. The molecule has 0 atom stereocenters. The molecule has 3 saturated heterocycles. The first-order valence-electron chi connectivity index (χ1n) is 18.5. The van der Waals surface area contributed by atoms with Crippen LogP contribution in [0.4, 0.5) is 21.9 Å². The Hall–Kier alpha value is -4.01. The number of hydrogen-bond donors (Lipinski definition) is 2. The van der Waals surface area contributed by atoms with E-state index in [-0.39, 0.29) is 6.09 Å². The van der Waals surface area contributed by atoms with Crippen molar-refractivity contribution in [3.63, 3.8) is 0 Å². The number of rotatable bonds is 3. The van der Waals surface area contributed by atoms with Gasteiger partial charge in [0.05, 0.1) is 0 Å². The summed E-state index contributed by atoms with van der Waals surface area (Å²) in [5, 5.41) is 6.72. The molecule has 4 aromatic rings. The van der Waals surface area contributed by atoms with Gasteiger partial charge in [-0.2, -0.15) is 0 Å². The number of nitrogens with one attached hydrogen (secondary N) is 2. The highest BCUT2D eigenvalue weighted by atomic mass is 79.9. The lowest BCUT2D eigenvalue weighted by molar-refractivity contribution is 0.0240. The van der Waals surface area contributed by atoms with Gasteiger partial charge < -0.3 is 35.0 Å². The molecule has 0 radical (unpaired) electrons. The van der Waals surface area contributed by atoms with Crippen molar-refractivity contribution < 1.29 is 9.53 Å². The van der Waals surface area contributed by atoms with Crippen molar-refractivity contribution in [3.05, 3.63) is 123 Å². The van der Waals surface area contributed by atoms with Crippen LogP contribution in [-0.2, 0) is 4.74 Å². The second kappa shape index (κ2) is 20.4. The van der Waals surface area contributed by atoms with E-state index in [1.54, 1.807) is 4.90 Å². The van der Waals surface area contributed by atoms with Gasteiger partial charge >= 0.3 is 6.09 Å². The normalized spacial score (nSPS) is 15.9. The molecule has 0 unspecified atom stereocenters. The second-order valence-corrected chi connectivity index (χ2v) is 15.9. The average Bonchev–Trinajstić information content (AvgIpc) is 3.19. The number of hydrogen-bond acceptors (Lipinski definition) is 7. The van der Waals surface area contributed by atoms with Crippen molar-refractivity contribution in [1.82, 2.24) is 15.5 Å². The minimum Gasteiger partial charge on any atom is -0.444 e. The topological polar surface area (TPSA) is 63.3 Å². The van der Waals surface area contributed by atoms with Crippen LogP contribution in [0.25, 0.3) is 0 Å². The van der Waals surface area contributed by atoms with Gasteiger partial charge in [-0.1, -0.05) is 61.9 Å². The van der Waals surface area contributed by atoms with Crippen LogP contribution in [-0.4, -0.2) is 95.1 Å². The molecule has 2 N–H and O–H groups in total. The predicted molar refractivity (Wildman–Crippen MR) is 227 cm³/mol. The van der Waals surface area contributed by atoms with Gasteiger partial charge in [0.1, 0.15) is 5.60 Å². The van der Waals surface area contributed by atoms with Crippen molar-refractivity contribution >= 4 is 55.0 Å². The molecule has 8 nitrogen and oxygen atoms in total. The zero-order chi connectivity index (χ0) is 37.5. The summed E-state index contributed by atoms with van der Waals surface area (Å²) in [4.78, 5) is 20.9. The number of ether oxygens (including phenoxy) is 1. The van der Waals surface area contributed by atoms with E-state index in [1.165, 1.54) is 17.1 Å². The maximum absolute atomic E-state index is 12.0. The molecule has 0 bridgehead atoms. The highest BCUT2D eigenvalue weighted by molar-refractivity contribution is 9.10. The maximum Gasteiger partial charge on any atom is 0.410 e. The lowest BCUT2D eigenvalue weighted by Gasteiger charge is -2.36. The van der Waals surface area contributed by atoms with E-state index in [4.69, 9.17) is 4.74 Å². The summed E-state index contributed by atoms with van der Waals surface area (Å²) in [6.45, 7) is 17.4. The number of nitrogens with zero attached hydrogens (tertiary/aromatic N) is 4. The molecule has 53 heavy (non-hydrogen) atoms. The van der Waals surface area contributed by atoms with Gasteiger partial charge in [-0.05, 0) is 106 Å². The van der Waals surface area contributed by atoms with E-state index in [2.05, 4.69) is 130 Å². The first-order valence-corrected chi connectivity index (χ1v) is 20.0. The number of amides is 1. The third-order valence-corrected chi connectivity index (χ3v) is 9.96. The highest BCUT2D eigenvalue weighted by Gasteiger charge is 2.26. The van der Waals surface area contributed by atoms with Gasteiger partial charge in [0.15, 0.2) is 0 Å². The number of anilines is 3. The Morgan fingerprint density at radius 2 is 0.925 bits per heavy atom. The number of piperazine rings is 3. The summed E-state index contributed by atoms with van der Waals surface area (Å²) < 4.78 is 7.62. The lowest BCUT2D eigenvalue weighted by atomic mass is 10.1. The number of benzene rings is 4. The Morgan fingerprint density at radius 3 is 1.34 bits per heavy atom. The molecule has 0 spiro atoms. The molecule has 4 aromatic carbocycles. The molecule has 3 fully saturated rings. The van der Waals surface area contributed by atoms with E-state index in [0.717, 1.165) is 85.5 Å². The zero-order valence-corrected chi connectivity index (χ0v) is 34.3. The van der Waals surface area contributed by atoms with E-state index in [0.29, 0.717) is 13.1 Å². The molecule has 0 aromatic heterocycles. The zero-order valence-electron chi connectivity index (χ0n) is 31.2. The molecule has 280 valence electrons. The highest BCUT2D eigenvalue weighted by Crippen LogP contribution is 2.21. The Kier molecular flexibility index (Phi) is 15.5. The van der Waals surface area contributed by atoms with Crippen molar-refractivity contribution in [2.24, 2.45) is 0 Å². The van der Waals surface area contributed by atoms with Crippen LogP contribution >= 0.6 is 31.9 Å². The quantitative estimate of drug-likeness (QED) is 0.204. The van der Waals surface area contributed by atoms with Gasteiger partial charge in [-0.15, -0.1) is 0 Å². The van der Waals surface area contributed by atoms with Crippen LogP contribution in [0.5, 0.6) is 0 Å². The first kappa shape index (κ1) is 40.2. The van der Waals surface area contributed by atoms with Gasteiger partial charge in [0.2, 0.25) is 0 Å². The fraction of sp³-hybridized carbons (Fsp3) is 0.372. The standard InChI is InChI=1S/C18H18N2.C15H21BrN2O2.C10H13BrN2/c1-2-4-16(5-3-1)6-7-17-8-10-18(11-9-17)20-14-12-19-13-15-20;1-15(2,3)20-14(19)18-10-8-17(9-11-18)13-6-4-12(16)5-7-13;11-9-1-3-10(4-2-9)13-7-5-12-6-8-13/h1-5,8-11,19H,12-15H2;4-7H,8-11H2,1-3H3;1-4,12H,5-8H2. The minimum absolute atomic E-state index is 0.215. The van der Waals surface area contributed by atoms with E-state index >= 15 is 0 Å². The Balaban J connectivity index is 0.000000157. The van der Waals surface area contributed by atoms with Crippen molar-refractivity contribution in [2.75, 3.05) is 93.2 Å². The molecule has 0 saturated carbocycles. The molecule has 7 rings (SSSR count). The Labute approximate surface area is 333 Å². The van der Waals surface area contributed by atoms with E-state index < -0.39 is 5.60 Å². The molecule has 3 aliphatic heterocycles. The van der Waals surface area contributed by atoms with Crippen molar-refractivity contribution in [2.45, 2.75) is 26.4 Å². The SMILES string of the molecule is Brc1ccc(N2CCNCC2)cc1.C(#Cc1ccc(N2CCNCC2)cc1)c1ccccc1.CC(C)(C)OC(=O)N1CCN(c2ccc(Br)cc2)CC1. The van der Waals surface area contributed by atoms with Crippen molar-refractivity contribution in [1.29, 1.82) is 0 Å². The average molecular weight is 845 g/mol. The van der Waals surface area contributed by atoms with Crippen LogP contribution in [0.15, 0.2) is 112 Å². The van der Waals surface area contributed by atoms with Crippen LogP contribution < -0.4 is 25.3 Å². The van der Waals surface area contributed by atoms with Gasteiger partial charge in [0.25, 0.3) is 0 Å². The fourth-order valence-electron chi connectivity index (χ4n) is 6.04. The monoisotopic (exact) mass is 842 g/mol. The molecular weight excluding hydrogens is 792 g/mol. The summed E-state index contributed by atoms with van der Waals surface area (Å²) in [5.41, 5.74) is 5.49. The largest absolute Gasteiger partial charge is 0.444 e. The second-order valence-electron chi connectivity index (χ2n) is 14.0. The molecule has 1 amide bonds. The van der Waals surface area contributed by atoms with Gasteiger partial charge in [-0.25, -0.2) is 4.79 Å². The first-order chi connectivity index (χ1) is 25.6. The van der Waals surface area contributed by atoms with Crippen LogP contribution in [0, 0.1) is 11.8 Å². The van der Waals surface area contributed by atoms with E-state index in [1.807, 2.05) is 63.2 Å². The maximum atomic E-state index is 12.0. The third-order valence-electron chi connectivity index (χ3n) is 8.91. The minimum atomic E-state index is -0.431. The smallest absolute Gasteiger partial charge is 0.410 e. The summed E-state index contributed by atoms with van der Waals surface area (Å²) in [7, 11) is 0. The third kappa shape index (κ3) is 13.7. The summed E-state index contributed by atoms with van der Waals surface area (Å²) in [5.74, 6) is 6.40. The molecule has 10 heteroatoms. The number of halogens is 2. The summed E-state index contributed by atoms with van der Waals surface area (Å²) >= 11 is 6.88. The summed E-state index contributed by atoms with van der Waals surface area (Å²) in [6.07, 6.45) is -0.215. The Bertz CT molecular complexity index is 1730. The number of carbonyl (C=O) groups is 1.